The van der Waals surface area contributed by atoms with E-state index in [0.717, 1.165) is 11.1 Å². The molecule has 0 spiro atoms. The van der Waals surface area contributed by atoms with Gasteiger partial charge in [0, 0.05) is 18.1 Å². The van der Waals surface area contributed by atoms with E-state index in [0.29, 0.717) is 11.3 Å². The second-order valence-corrected chi connectivity index (χ2v) is 6.08. The number of hydrogen-bond acceptors (Lipinski definition) is 3. The third kappa shape index (κ3) is 3.43. The van der Waals surface area contributed by atoms with Crippen LogP contribution in [0.5, 0.6) is 11.5 Å². The second-order valence-electron chi connectivity index (χ2n) is 6.08. The van der Waals surface area contributed by atoms with Crippen molar-refractivity contribution in [1.82, 2.24) is 0 Å². The molecule has 0 aliphatic rings. The van der Waals surface area contributed by atoms with Crippen LogP contribution in [-0.2, 0) is 10.2 Å². The molecule has 2 rings (SSSR count). The molecule has 0 radical (unpaired) electrons. The molecule has 0 fully saturated rings. The van der Waals surface area contributed by atoms with Gasteiger partial charge in [-0.15, -0.1) is 0 Å². The van der Waals surface area contributed by atoms with Crippen LogP contribution in [0.3, 0.4) is 0 Å². The van der Waals surface area contributed by atoms with Crippen molar-refractivity contribution in [1.29, 1.82) is 0 Å². The third-order valence-corrected chi connectivity index (χ3v) is 3.24. The molecule has 21 heavy (non-hydrogen) atoms. The van der Waals surface area contributed by atoms with Crippen LogP contribution in [-0.4, -0.2) is 11.1 Å². The van der Waals surface area contributed by atoms with Crippen LogP contribution in [0, 0.1) is 0 Å². The smallest absolute Gasteiger partial charge is 0.308 e. The third-order valence-electron chi connectivity index (χ3n) is 3.24. The number of hydrogen-bond donors (Lipinski definition) is 1. The molecule has 0 heterocycles. The Morgan fingerprint density at radius 2 is 1.71 bits per heavy atom. The molecule has 0 aliphatic heterocycles. The lowest BCUT2D eigenvalue weighted by atomic mass is 9.85. The number of ether oxygens (including phenoxy) is 1. The summed E-state index contributed by atoms with van der Waals surface area (Å²) in [6.07, 6.45) is 0. The molecule has 0 bridgehead atoms. The van der Waals surface area contributed by atoms with Crippen molar-refractivity contribution in [2.45, 2.75) is 33.1 Å². The van der Waals surface area contributed by atoms with Gasteiger partial charge in [0.15, 0.2) is 0 Å². The zero-order valence-electron chi connectivity index (χ0n) is 12.8. The Labute approximate surface area is 125 Å². The van der Waals surface area contributed by atoms with Crippen LogP contribution in [0.15, 0.2) is 42.5 Å². The molecule has 0 atom stereocenters. The molecule has 0 amide bonds. The summed E-state index contributed by atoms with van der Waals surface area (Å²) in [5, 5.41) is 10.3. The van der Waals surface area contributed by atoms with Crippen molar-refractivity contribution in [3.05, 3.63) is 48.0 Å². The number of carbonyl (C=O) groups excluding carboxylic acids is 1. The average Bonchev–Trinajstić information content (AvgIpc) is 2.39. The van der Waals surface area contributed by atoms with Gasteiger partial charge in [0.1, 0.15) is 11.5 Å². The molecule has 110 valence electrons. The van der Waals surface area contributed by atoms with Gasteiger partial charge in [0.05, 0.1) is 0 Å². The standard InChI is InChI=1S/C18H20O3/c1-12(19)21-17-11-15(18(2,3)4)16(20)10-14(17)13-8-6-5-7-9-13/h5-11,20H,1-4H3. The molecule has 1 N–H and O–H groups in total. The molecule has 0 aromatic heterocycles. The summed E-state index contributed by atoms with van der Waals surface area (Å²) in [4.78, 5) is 11.4. The van der Waals surface area contributed by atoms with Gasteiger partial charge < -0.3 is 9.84 Å². The monoisotopic (exact) mass is 284 g/mol. The first-order chi connectivity index (χ1) is 9.79. The van der Waals surface area contributed by atoms with Gasteiger partial charge in [-0.2, -0.15) is 0 Å². The fraction of sp³-hybridized carbons (Fsp3) is 0.278. The van der Waals surface area contributed by atoms with Crippen LogP contribution < -0.4 is 4.74 Å². The summed E-state index contributed by atoms with van der Waals surface area (Å²) in [6, 6.07) is 13.0. The Bertz CT molecular complexity index is 652. The molecule has 2 aromatic rings. The molecule has 3 nitrogen and oxygen atoms in total. The quantitative estimate of drug-likeness (QED) is 0.661. The minimum Gasteiger partial charge on any atom is -0.508 e. The summed E-state index contributed by atoms with van der Waals surface area (Å²) in [5.74, 6) is 0.298. The lowest BCUT2D eigenvalue weighted by Gasteiger charge is -2.22. The molecule has 0 saturated heterocycles. The first kappa shape index (κ1) is 15.1. The van der Waals surface area contributed by atoms with E-state index in [9.17, 15) is 9.90 Å². The number of esters is 1. The molecule has 3 heteroatoms. The SMILES string of the molecule is CC(=O)Oc1cc(C(C)(C)C)c(O)cc1-c1ccccc1. The number of phenols is 1. The van der Waals surface area contributed by atoms with Crippen LogP contribution in [0.2, 0.25) is 0 Å². The van der Waals surface area contributed by atoms with E-state index < -0.39 is 0 Å². The Morgan fingerprint density at radius 1 is 1.10 bits per heavy atom. The summed E-state index contributed by atoms with van der Waals surface area (Å²) >= 11 is 0. The minimum atomic E-state index is -0.377. The van der Waals surface area contributed by atoms with E-state index >= 15 is 0 Å². The fourth-order valence-electron chi connectivity index (χ4n) is 2.25. The zero-order chi connectivity index (χ0) is 15.6. The van der Waals surface area contributed by atoms with Crippen molar-refractivity contribution in [3.63, 3.8) is 0 Å². The molecule has 0 aliphatic carbocycles. The predicted molar refractivity (Wildman–Crippen MR) is 83.6 cm³/mol. The average molecular weight is 284 g/mol. The summed E-state index contributed by atoms with van der Waals surface area (Å²) < 4.78 is 5.34. The molecular weight excluding hydrogens is 264 g/mol. The van der Waals surface area contributed by atoms with Crippen molar-refractivity contribution in [3.8, 4) is 22.6 Å². The normalized spacial score (nSPS) is 11.2. The molecule has 0 saturated carbocycles. The highest BCUT2D eigenvalue weighted by Crippen LogP contribution is 2.40. The lowest BCUT2D eigenvalue weighted by Crippen LogP contribution is -2.12. The minimum absolute atomic E-state index is 0.206. The zero-order valence-corrected chi connectivity index (χ0v) is 12.8. The van der Waals surface area contributed by atoms with Gasteiger partial charge in [0.25, 0.3) is 0 Å². The highest BCUT2D eigenvalue weighted by molar-refractivity contribution is 5.78. The van der Waals surface area contributed by atoms with Gasteiger partial charge >= 0.3 is 5.97 Å². The molecule has 2 aromatic carbocycles. The van der Waals surface area contributed by atoms with E-state index in [2.05, 4.69) is 0 Å². The Kier molecular flexibility index (Phi) is 4.03. The van der Waals surface area contributed by atoms with Crippen LogP contribution in [0.4, 0.5) is 0 Å². The van der Waals surface area contributed by atoms with Crippen molar-refractivity contribution < 1.29 is 14.6 Å². The first-order valence-corrected chi connectivity index (χ1v) is 6.90. The van der Waals surface area contributed by atoms with Gasteiger partial charge in [-0.3, -0.25) is 4.79 Å². The van der Waals surface area contributed by atoms with E-state index in [1.165, 1.54) is 6.92 Å². The van der Waals surface area contributed by atoms with Crippen molar-refractivity contribution in [2.24, 2.45) is 0 Å². The largest absolute Gasteiger partial charge is 0.508 e. The lowest BCUT2D eigenvalue weighted by molar-refractivity contribution is -0.131. The maximum Gasteiger partial charge on any atom is 0.308 e. The molecular formula is C18H20O3. The van der Waals surface area contributed by atoms with E-state index in [4.69, 9.17) is 4.74 Å². The predicted octanol–water partition coefficient (Wildman–Crippen LogP) is 4.28. The fourth-order valence-corrected chi connectivity index (χ4v) is 2.25. The van der Waals surface area contributed by atoms with Crippen LogP contribution in [0.25, 0.3) is 11.1 Å². The maximum atomic E-state index is 11.4. The van der Waals surface area contributed by atoms with Crippen LogP contribution in [0.1, 0.15) is 33.3 Å². The van der Waals surface area contributed by atoms with Gasteiger partial charge in [-0.25, -0.2) is 0 Å². The highest BCUT2D eigenvalue weighted by atomic mass is 16.5. The number of phenolic OH excluding ortho intramolecular Hbond substituents is 1. The van der Waals surface area contributed by atoms with Gasteiger partial charge in [-0.05, 0) is 23.1 Å². The Hall–Kier alpha value is -2.29. The highest BCUT2D eigenvalue weighted by Gasteiger charge is 2.22. The number of carbonyl (C=O) groups is 1. The molecule has 0 unspecified atom stereocenters. The summed E-state index contributed by atoms with van der Waals surface area (Å²) in [6.45, 7) is 7.38. The van der Waals surface area contributed by atoms with Crippen molar-refractivity contribution in [2.75, 3.05) is 0 Å². The summed E-state index contributed by atoms with van der Waals surface area (Å²) in [5.41, 5.74) is 2.10. The topological polar surface area (TPSA) is 46.5 Å². The maximum absolute atomic E-state index is 11.4. The number of benzene rings is 2. The van der Waals surface area contributed by atoms with Crippen molar-refractivity contribution >= 4 is 5.97 Å². The summed E-state index contributed by atoms with van der Waals surface area (Å²) in [7, 11) is 0. The van der Waals surface area contributed by atoms with Gasteiger partial charge in [-0.1, -0.05) is 51.1 Å². The second kappa shape index (κ2) is 5.60. The van der Waals surface area contributed by atoms with E-state index in [1.54, 1.807) is 12.1 Å². The van der Waals surface area contributed by atoms with E-state index in [1.807, 2.05) is 51.1 Å². The number of aromatic hydroxyl groups is 1. The Morgan fingerprint density at radius 3 is 2.24 bits per heavy atom. The van der Waals surface area contributed by atoms with Crippen LogP contribution >= 0.6 is 0 Å². The van der Waals surface area contributed by atoms with Gasteiger partial charge in [0.2, 0.25) is 0 Å². The Balaban J connectivity index is 2.64. The van der Waals surface area contributed by atoms with E-state index in [-0.39, 0.29) is 17.1 Å². The number of rotatable bonds is 2. The first-order valence-electron chi connectivity index (χ1n) is 6.90.